The van der Waals surface area contributed by atoms with Gasteiger partial charge in [0.1, 0.15) is 5.82 Å². The molecule has 3 nitrogen and oxygen atoms in total. The van der Waals surface area contributed by atoms with Gasteiger partial charge in [0.25, 0.3) is 5.91 Å². The van der Waals surface area contributed by atoms with Crippen LogP contribution in [-0.4, -0.2) is 34.6 Å². The number of hydrogen-bond donors (Lipinski definition) is 1. The van der Waals surface area contributed by atoms with Gasteiger partial charge in [0.15, 0.2) is 0 Å². The molecule has 2 fully saturated rings. The fourth-order valence-corrected chi connectivity index (χ4v) is 4.26. The standard InChI is InChI=1S/C17H21ClFNO2/c1-2-17(22)7-3-4-11-9-20(10-14(11)17)16(21)13-8-12(19)5-6-15(13)18/h5-6,8,11,14,22H,2-4,7,9-10H2,1H3/t11-,14+,17-/m0/s1. The smallest absolute Gasteiger partial charge is 0.255 e. The van der Waals surface area contributed by atoms with Crippen molar-refractivity contribution in [3.8, 4) is 0 Å². The molecular weight excluding hydrogens is 305 g/mol. The van der Waals surface area contributed by atoms with Crippen molar-refractivity contribution in [3.05, 3.63) is 34.6 Å². The Morgan fingerprint density at radius 2 is 2.27 bits per heavy atom. The minimum absolute atomic E-state index is 0.113. The Morgan fingerprint density at radius 1 is 1.50 bits per heavy atom. The molecule has 1 aromatic carbocycles. The number of benzene rings is 1. The number of nitrogens with zero attached hydrogens (tertiary/aromatic N) is 1. The number of carbonyl (C=O) groups is 1. The molecule has 1 amide bonds. The third kappa shape index (κ3) is 2.63. The lowest BCUT2D eigenvalue weighted by molar-refractivity contribution is -0.0609. The van der Waals surface area contributed by atoms with Crippen molar-refractivity contribution in [1.29, 1.82) is 0 Å². The first-order valence-electron chi connectivity index (χ1n) is 7.91. The van der Waals surface area contributed by atoms with Crippen molar-refractivity contribution in [3.63, 3.8) is 0 Å². The second-order valence-electron chi connectivity index (χ2n) is 6.55. The molecular formula is C17H21ClFNO2. The summed E-state index contributed by atoms with van der Waals surface area (Å²) in [6.45, 7) is 3.15. The summed E-state index contributed by atoms with van der Waals surface area (Å²) in [5.74, 6) is -0.260. The van der Waals surface area contributed by atoms with Gasteiger partial charge in [0, 0.05) is 19.0 Å². The zero-order valence-corrected chi connectivity index (χ0v) is 13.4. The van der Waals surface area contributed by atoms with Crippen LogP contribution in [0.5, 0.6) is 0 Å². The van der Waals surface area contributed by atoms with E-state index in [9.17, 15) is 14.3 Å². The van der Waals surface area contributed by atoms with E-state index in [0.29, 0.717) is 25.4 Å². The molecule has 0 spiro atoms. The number of likely N-dealkylation sites (tertiary alicyclic amines) is 1. The number of amides is 1. The fourth-order valence-electron chi connectivity index (χ4n) is 4.06. The van der Waals surface area contributed by atoms with E-state index in [1.54, 1.807) is 4.90 Å². The molecule has 3 atom stereocenters. The van der Waals surface area contributed by atoms with Crippen LogP contribution in [0.2, 0.25) is 5.02 Å². The first kappa shape index (κ1) is 15.8. The highest BCUT2D eigenvalue weighted by molar-refractivity contribution is 6.33. The number of halogens is 2. The largest absolute Gasteiger partial charge is 0.390 e. The Hall–Kier alpha value is -1.13. The van der Waals surface area contributed by atoms with Gasteiger partial charge in [-0.05, 0) is 43.4 Å². The Bertz CT molecular complexity index is 594. The van der Waals surface area contributed by atoms with Gasteiger partial charge in [0.05, 0.1) is 16.2 Å². The molecule has 1 N–H and O–H groups in total. The van der Waals surface area contributed by atoms with Crippen LogP contribution in [0.4, 0.5) is 4.39 Å². The van der Waals surface area contributed by atoms with E-state index in [4.69, 9.17) is 11.6 Å². The minimum atomic E-state index is -0.677. The van der Waals surface area contributed by atoms with Gasteiger partial charge in [0.2, 0.25) is 0 Å². The van der Waals surface area contributed by atoms with Crippen molar-refractivity contribution in [1.82, 2.24) is 4.90 Å². The quantitative estimate of drug-likeness (QED) is 0.904. The molecule has 1 aromatic rings. The summed E-state index contributed by atoms with van der Waals surface area (Å²) >= 11 is 6.04. The number of fused-ring (bicyclic) bond motifs is 1. The molecule has 1 saturated heterocycles. The Morgan fingerprint density at radius 3 is 3.00 bits per heavy atom. The Kier molecular flexibility index (Phi) is 4.17. The van der Waals surface area contributed by atoms with E-state index < -0.39 is 11.4 Å². The van der Waals surface area contributed by atoms with E-state index in [0.717, 1.165) is 19.3 Å². The van der Waals surface area contributed by atoms with E-state index in [1.165, 1.54) is 18.2 Å². The molecule has 120 valence electrons. The summed E-state index contributed by atoms with van der Waals surface area (Å²) in [6, 6.07) is 3.85. The Balaban J connectivity index is 1.82. The maximum Gasteiger partial charge on any atom is 0.255 e. The van der Waals surface area contributed by atoms with Gasteiger partial charge in [-0.25, -0.2) is 4.39 Å². The predicted molar refractivity (Wildman–Crippen MR) is 83.4 cm³/mol. The monoisotopic (exact) mass is 325 g/mol. The van der Waals surface area contributed by atoms with Gasteiger partial charge in [-0.2, -0.15) is 0 Å². The third-order valence-electron chi connectivity index (χ3n) is 5.37. The Labute approximate surface area is 135 Å². The van der Waals surface area contributed by atoms with Crippen LogP contribution < -0.4 is 0 Å². The first-order valence-corrected chi connectivity index (χ1v) is 8.29. The lowest BCUT2D eigenvalue weighted by Gasteiger charge is -2.40. The summed E-state index contributed by atoms with van der Waals surface area (Å²) in [4.78, 5) is 14.4. The van der Waals surface area contributed by atoms with E-state index >= 15 is 0 Å². The van der Waals surface area contributed by atoms with Gasteiger partial charge in [-0.15, -0.1) is 0 Å². The van der Waals surface area contributed by atoms with Crippen molar-refractivity contribution < 1.29 is 14.3 Å². The normalized spacial score (nSPS) is 31.2. The molecule has 1 aliphatic heterocycles. The number of carbonyl (C=O) groups excluding carboxylic acids is 1. The van der Waals surface area contributed by atoms with Crippen LogP contribution in [0.1, 0.15) is 43.0 Å². The number of rotatable bonds is 2. The summed E-state index contributed by atoms with van der Waals surface area (Å²) in [6.07, 6.45) is 3.53. The van der Waals surface area contributed by atoms with Crippen LogP contribution >= 0.6 is 11.6 Å². The van der Waals surface area contributed by atoms with Crippen molar-refractivity contribution >= 4 is 17.5 Å². The summed E-state index contributed by atoms with van der Waals surface area (Å²) in [5, 5.41) is 11.1. The molecule has 3 rings (SSSR count). The van der Waals surface area contributed by atoms with Crippen molar-refractivity contribution in [2.45, 2.75) is 38.2 Å². The molecule has 5 heteroatoms. The van der Waals surface area contributed by atoms with E-state index in [1.807, 2.05) is 6.92 Å². The number of hydrogen-bond acceptors (Lipinski definition) is 2. The topological polar surface area (TPSA) is 40.5 Å². The maximum absolute atomic E-state index is 13.4. The third-order valence-corrected chi connectivity index (χ3v) is 5.70. The van der Waals surface area contributed by atoms with E-state index in [-0.39, 0.29) is 22.4 Å². The molecule has 0 bridgehead atoms. The van der Waals surface area contributed by atoms with Crippen LogP contribution in [0.25, 0.3) is 0 Å². The average Bonchev–Trinajstić information content (AvgIpc) is 2.95. The van der Waals surface area contributed by atoms with Crippen LogP contribution in [0.3, 0.4) is 0 Å². The zero-order valence-electron chi connectivity index (χ0n) is 12.7. The second kappa shape index (κ2) is 5.82. The highest BCUT2D eigenvalue weighted by atomic mass is 35.5. The molecule has 0 unspecified atom stereocenters. The molecule has 1 aliphatic carbocycles. The molecule has 2 aliphatic rings. The zero-order chi connectivity index (χ0) is 15.9. The molecule has 22 heavy (non-hydrogen) atoms. The SMILES string of the molecule is CC[C@]1(O)CCC[C@H]2CN(C(=O)c3cc(F)ccc3Cl)C[C@H]21. The van der Waals surface area contributed by atoms with Crippen LogP contribution in [0, 0.1) is 17.7 Å². The van der Waals surface area contributed by atoms with Crippen LogP contribution in [-0.2, 0) is 0 Å². The second-order valence-corrected chi connectivity index (χ2v) is 6.96. The highest BCUT2D eigenvalue weighted by Crippen LogP contribution is 2.44. The van der Waals surface area contributed by atoms with E-state index in [2.05, 4.69) is 0 Å². The molecule has 0 aromatic heterocycles. The van der Waals surface area contributed by atoms with Gasteiger partial charge in [-0.1, -0.05) is 24.9 Å². The lowest BCUT2D eigenvalue weighted by atomic mass is 9.69. The maximum atomic E-state index is 13.4. The number of aliphatic hydroxyl groups is 1. The molecule has 1 heterocycles. The van der Waals surface area contributed by atoms with Crippen molar-refractivity contribution in [2.24, 2.45) is 11.8 Å². The van der Waals surface area contributed by atoms with Gasteiger partial charge in [-0.3, -0.25) is 4.79 Å². The van der Waals surface area contributed by atoms with Gasteiger partial charge < -0.3 is 10.0 Å². The predicted octanol–water partition coefficient (Wildman–Crippen LogP) is 3.49. The average molecular weight is 326 g/mol. The minimum Gasteiger partial charge on any atom is -0.390 e. The summed E-state index contributed by atoms with van der Waals surface area (Å²) in [5.41, 5.74) is -0.468. The summed E-state index contributed by atoms with van der Waals surface area (Å²) < 4.78 is 13.4. The molecule has 0 radical (unpaired) electrons. The fraction of sp³-hybridized carbons (Fsp3) is 0.588. The van der Waals surface area contributed by atoms with Crippen molar-refractivity contribution in [2.75, 3.05) is 13.1 Å². The van der Waals surface area contributed by atoms with Crippen LogP contribution in [0.15, 0.2) is 18.2 Å². The lowest BCUT2D eigenvalue weighted by Crippen LogP contribution is -2.44. The van der Waals surface area contributed by atoms with Gasteiger partial charge >= 0.3 is 0 Å². The highest BCUT2D eigenvalue weighted by Gasteiger charge is 2.48. The summed E-state index contributed by atoms with van der Waals surface area (Å²) in [7, 11) is 0. The first-order chi connectivity index (χ1) is 10.4. The molecule has 1 saturated carbocycles.